The van der Waals surface area contributed by atoms with Gasteiger partial charge in [0, 0.05) is 5.56 Å². The van der Waals surface area contributed by atoms with E-state index in [1.807, 2.05) is 24.3 Å². The maximum atomic E-state index is 12.2. The van der Waals surface area contributed by atoms with Crippen LogP contribution in [0.5, 0.6) is 5.75 Å². The van der Waals surface area contributed by atoms with Crippen LogP contribution in [0.15, 0.2) is 24.3 Å². The summed E-state index contributed by atoms with van der Waals surface area (Å²) in [5.74, 6) is 0.712. The zero-order chi connectivity index (χ0) is 13.3. The number of nitrogens with zero attached hydrogens (tertiary/aromatic N) is 1. The van der Waals surface area contributed by atoms with Gasteiger partial charge in [-0.05, 0) is 31.7 Å². The van der Waals surface area contributed by atoms with Crippen LogP contribution >= 0.6 is 0 Å². The summed E-state index contributed by atoms with van der Waals surface area (Å²) in [6.07, 6.45) is 3.11. The molecule has 1 heterocycles. The lowest BCUT2D eigenvalue weighted by Crippen LogP contribution is -2.34. The van der Waals surface area contributed by atoms with Gasteiger partial charge in [0.15, 0.2) is 0 Å². The van der Waals surface area contributed by atoms with Gasteiger partial charge in [-0.2, -0.15) is 5.26 Å². The van der Waals surface area contributed by atoms with E-state index in [9.17, 15) is 4.79 Å². The van der Waals surface area contributed by atoms with Crippen molar-refractivity contribution in [1.29, 1.82) is 5.26 Å². The summed E-state index contributed by atoms with van der Waals surface area (Å²) in [6, 6.07) is 9.88. The van der Waals surface area contributed by atoms with Crippen LogP contribution in [-0.4, -0.2) is 12.5 Å². The first kappa shape index (κ1) is 12.0. The summed E-state index contributed by atoms with van der Waals surface area (Å²) in [4.78, 5) is 12.2. The molecule has 1 saturated carbocycles. The third-order valence-corrected chi connectivity index (χ3v) is 3.89. The number of carbonyl (C=O) groups is 1. The fourth-order valence-corrected chi connectivity index (χ4v) is 2.49. The van der Waals surface area contributed by atoms with Gasteiger partial charge < -0.3 is 10.1 Å². The third kappa shape index (κ3) is 2.17. The highest BCUT2D eigenvalue weighted by molar-refractivity contribution is 5.88. The summed E-state index contributed by atoms with van der Waals surface area (Å²) >= 11 is 0. The average molecular weight is 256 g/mol. The number of nitriles is 1. The van der Waals surface area contributed by atoms with Gasteiger partial charge in [0.1, 0.15) is 11.2 Å². The molecule has 1 N–H and O–H groups in total. The molecule has 0 saturated heterocycles. The number of ether oxygens (including phenoxy) is 1. The van der Waals surface area contributed by atoms with Crippen LogP contribution in [0.4, 0.5) is 0 Å². The molecule has 0 radical (unpaired) electrons. The van der Waals surface area contributed by atoms with Crippen molar-refractivity contribution in [3.05, 3.63) is 29.8 Å². The van der Waals surface area contributed by atoms with Crippen LogP contribution in [0, 0.1) is 16.7 Å². The van der Waals surface area contributed by atoms with Gasteiger partial charge in [-0.15, -0.1) is 0 Å². The maximum absolute atomic E-state index is 12.2. The normalized spacial score (nSPS) is 23.2. The Labute approximate surface area is 112 Å². The molecule has 1 amide bonds. The van der Waals surface area contributed by atoms with Crippen molar-refractivity contribution in [3.63, 3.8) is 0 Å². The minimum absolute atomic E-state index is 0.0444. The molecule has 4 nitrogen and oxygen atoms in total. The van der Waals surface area contributed by atoms with Gasteiger partial charge in [0.25, 0.3) is 0 Å². The molecule has 0 bridgehead atoms. The summed E-state index contributed by atoms with van der Waals surface area (Å²) in [6.45, 7) is 0.673. The summed E-state index contributed by atoms with van der Waals surface area (Å²) in [5, 5.41) is 12.1. The van der Waals surface area contributed by atoms with Crippen molar-refractivity contribution in [3.8, 4) is 11.8 Å². The minimum Gasteiger partial charge on any atom is -0.493 e. The number of hydrogen-bond acceptors (Lipinski definition) is 3. The first-order valence-corrected chi connectivity index (χ1v) is 6.69. The Kier molecular flexibility index (Phi) is 2.90. The monoisotopic (exact) mass is 256 g/mol. The number of amides is 1. The lowest BCUT2D eigenvalue weighted by molar-refractivity contribution is -0.125. The van der Waals surface area contributed by atoms with Crippen LogP contribution in [0.25, 0.3) is 0 Å². The molecule has 19 heavy (non-hydrogen) atoms. The Morgan fingerprint density at radius 2 is 2.21 bits per heavy atom. The topological polar surface area (TPSA) is 62.1 Å². The van der Waals surface area contributed by atoms with E-state index in [1.54, 1.807) is 0 Å². The van der Waals surface area contributed by atoms with Crippen LogP contribution in [-0.2, 0) is 4.79 Å². The first-order valence-electron chi connectivity index (χ1n) is 6.69. The van der Waals surface area contributed by atoms with E-state index in [-0.39, 0.29) is 11.9 Å². The molecule has 2 aliphatic rings. The van der Waals surface area contributed by atoms with Crippen molar-refractivity contribution >= 4 is 5.91 Å². The molecule has 1 unspecified atom stereocenters. The Balaban J connectivity index is 1.81. The van der Waals surface area contributed by atoms with E-state index < -0.39 is 5.41 Å². The number of nitrogens with one attached hydrogen (secondary N) is 1. The first-order chi connectivity index (χ1) is 9.25. The fourth-order valence-electron chi connectivity index (χ4n) is 2.49. The highest BCUT2D eigenvalue weighted by Gasteiger charge is 2.51. The number of hydrogen-bond donors (Lipinski definition) is 1. The molecule has 1 aromatic carbocycles. The molecule has 1 aromatic rings. The Morgan fingerprint density at radius 1 is 1.42 bits per heavy atom. The second-order valence-electron chi connectivity index (χ2n) is 5.25. The van der Waals surface area contributed by atoms with Crippen molar-refractivity contribution in [2.75, 3.05) is 6.61 Å². The van der Waals surface area contributed by atoms with E-state index in [1.165, 1.54) is 0 Å². The molecule has 4 heteroatoms. The summed E-state index contributed by atoms with van der Waals surface area (Å²) in [7, 11) is 0. The van der Waals surface area contributed by atoms with E-state index in [2.05, 4.69) is 11.4 Å². The number of para-hydroxylation sites is 1. The van der Waals surface area contributed by atoms with E-state index in [0.717, 1.165) is 24.2 Å². The average Bonchev–Trinajstić information content (AvgIpc) is 3.24. The smallest absolute Gasteiger partial charge is 0.240 e. The third-order valence-electron chi connectivity index (χ3n) is 3.89. The van der Waals surface area contributed by atoms with Crippen molar-refractivity contribution < 1.29 is 9.53 Å². The fraction of sp³-hybridized carbons (Fsp3) is 0.467. The molecular weight excluding hydrogens is 240 g/mol. The highest BCUT2D eigenvalue weighted by atomic mass is 16.5. The van der Waals surface area contributed by atoms with Gasteiger partial charge in [-0.25, -0.2) is 0 Å². The molecular formula is C15H16N2O2. The molecule has 0 aromatic heterocycles. The highest BCUT2D eigenvalue weighted by Crippen LogP contribution is 2.45. The second kappa shape index (κ2) is 4.58. The number of fused-ring (bicyclic) bond motifs is 1. The molecule has 0 spiro atoms. The van der Waals surface area contributed by atoms with Gasteiger partial charge in [-0.1, -0.05) is 18.2 Å². The van der Waals surface area contributed by atoms with Crippen LogP contribution in [0.2, 0.25) is 0 Å². The molecule has 1 fully saturated rings. The zero-order valence-corrected chi connectivity index (χ0v) is 10.7. The van der Waals surface area contributed by atoms with Gasteiger partial charge in [-0.3, -0.25) is 4.79 Å². The Hall–Kier alpha value is -2.02. The lowest BCUT2D eigenvalue weighted by atomic mass is 10.00. The molecule has 1 atom stereocenters. The predicted octanol–water partition coefficient (Wildman–Crippen LogP) is 2.32. The SMILES string of the molecule is N#CC1(C(=O)NC2CCCOc3ccccc32)CC1. The Morgan fingerprint density at radius 3 is 2.95 bits per heavy atom. The van der Waals surface area contributed by atoms with Crippen molar-refractivity contribution in [2.24, 2.45) is 5.41 Å². The van der Waals surface area contributed by atoms with Crippen LogP contribution in [0.3, 0.4) is 0 Å². The number of benzene rings is 1. The number of carbonyl (C=O) groups excluding carboxylic acids is 1. The summed E-state index contributed by atoms with van der Waals surface area (Å²) < 4.78 is 5.67. The van der Waals surface area contributed by atoms with Crippen LogP contribution < -0.4 is 10.1 Å². The number of rotatable bonds is 2. The zero-order valence-electron chi connectivity index (χ0n) is 10.7. The van der Waals surface area contributed by atoms with E-state index in [4.69, 9.17) is 10.00 Å². The standard InChI is InChI=1S/C15H16N2O2/c16-10-15(7-8-15)14(18)17-12-5-3-9-19-13-6-2-1-4-11(12)13/h1-2,4,6,12H,3,5,7-9H2,(H,17,18). The second-order valence-corrected chi connectivity index (χ2v) is 5.25. The van der Waals surface area contributed by atoms with Crippen molar-refractivity contribution in [2.45, 2.75) is 31.7 Å². The largest absolute Gasteiger partial charge is 0.493 e. The molecule has 3 rings (SSSR count). The maximum Gasteiger partial charge on any atom is 0.240 e. The quantitative estimate of drug-likeness (QED) is 0.883. The predicted molar refractivity (Wildman–Crippen MR) is 69.3 cm³/mol. The van der Waals surface area contributed by atoms with Gasteiger partial charge in [0.05, 0.1) is 18.7 Å². The molecule has 1 aliphatic heterocycles. The van der Waals surface area contributed by atoms with Gasteiger partial charge >= 0.3 is 0 Å². The van der Waals surface area contributed by atoms with Crippen LogP contribution in [0.1, 0.15) is 37.3 Å². The molecule has 1 aliphatic carbocycles. The summed E-state index contributed by atoms with van der Waals surface area (Å²) in [5.41, 5.74) is 0.254. The molecule has 98 valence electrons. The van der Waals surface area contributed by atoms with Crippen molar-refractivity contribution in [1.82, 2.24) is 5.32 Å². The minimum atomic E-state index is -0.762. The lowest BCUT2D eigenvalue weighted by Gasteiger charge is -2.19. The van der Waals surface area contributed by atoms with Gasteiger partial charge in [0.2, 0.25) is 5.91 Å². The van der Waals surface area contributed by atoms with E-state index >= 15 is 0 Å². The van der Waals surface area contributed by atoms with E-state index in [0.29, 0.717) is 19.4 Å². The Bertz CT molecular complexity index is 543.